The summed E-state index contributed by atoms with van der Waals surface area (Å²) in [5, 5.41) is 4.53. The molecule has 1 N–H and O–H groups in total. The monoisotopic (exact) mass is 182 g/mol. The molecule has 1 aromatic rings. The van der Waals surface area contributed by atoms with Crippen molar-refractivity contribution < 1.29 is 0 Å². The number of para-hydroxylation sites is 1. The highest BCUT2D eigenvalue weighted by Crippen LogP contribution is 2.05. The highest BCUT2D eigenvalue weighted by molar-refractivity contribution is 6.65. The quantitative estimate of drug-likeness (QED) is 0.564. The molecule has 0 saturated carbocycles. The van der Waals surface area contributed by atoms with Crippen LogP contribution < -0.4 is 5.43 Å². The van der Waals surface area contributed by atoms with Gasteiger partial charge in [0.15, 0.2) is 0 Å². The Labute approximate surface area is 77.2 Å². The molecule has 2 nitrogen and oxygen atoms in total. The van der Waals surface area contributed by atoms with E-state index in [1.807, 2.05) is 37.3 Å². The molecule has 0 bridgehead atoms. The number of rotatable bonds is 3. The van der Waals surface area contributed by atoms with Crippen molar-refractivity contribution in [2.45, 2.75) is 13.3 Å². The average Bonchev–Trinajstić information content (AvgIpc) is 2.16. The molecule has 0 spiro atoms. The Morgan fingerprint density at radius 1 is 1.42 bits per heavy atom. The topological polar surface area (TPSA) is 24.4 Å². The molecule has 3 heteroatoms. The summed E-state index contributed by atoms with van der Waals surface area (Å²) in [4.78, 5) is 0. The molecule has 1 aromatic carbocycles. The summed E-state index contributed by atoms with van der Waals surface area (Å²) in [6.45, 7) is 1.96. The lowest BCUT2D eigenvalue weighted by Crippen LogP contribution is -1.92. The maximum absolute atomic E-state index is 5.70. The number of nitrogens with zero attached hydrogens (tertiary/aromatic N) is 1. The summed E-state index contributed by atoms with van der Waals surface area (Å²) in [6, 6.07) is 9.71. The largest absolute Gasteiger partial charge is 0.277 e. The molecule has 12 heavy (non-hydrogen) atoms. The molecule has 0 unspecified atom stereocenters. The maximum atomic E-state index is 5.70. The summed E-state index contributed by atoms with van der Waals surface area (Å²) >= 11 is 5.70. The molecule has 1 rings (SSSR count). The van der Waals surface area contributed by atoms with E-state index in [1.54, 1.807) is 0 Å². The summed E-state index contributed by atoms with van der Waals surface area (Å²) in [6.07, 6.45) is 0.751. The molecule has 0 fully saturated rings. The van der Waals surface area contributed by atoms with Gasteiger partial charge >= 0.3 is 0 Å². The van der Waals surface area contributed by atoms with Crippen LogP contribution in [0.4, 0.5) is 5.69 Å². The third-order valence-electron chi connectivity index (χ3n) is 1.37. The van der Waals surface area contributed by atoms with Crippen LogP contribution in [0.15, 0.2) is 35.4 Å². The number of anilines is 1. The number of hydrazone groups is 1. The first-order valence-electron chi connectivity index (χ1n) is 3.86. The lowest BCUT2D eigenvalue weighted by molar-refractivity contribution is 1.25. The Bertz CT molecular complexity index is 256. The smallest absolute Gasteiger partial charge is 0.126 e. The molecular formula is C9H11ClN2. The van der Waals surface area contributed by atoms with Crippen LogP contribution in [0.25, 0.3) is 0 Å². The molecule has 0 amide bonds. The van der Waals surface area contributed by atoms with E-state index in [0.29, 0.717) is 5.17 Å². The van der Waals surface area contributed by atoms with E-state index in [0.717, 1.165) is 12.1 Å². The van der Waals surface area contributed by atoms with Gasteiger partial charge in [-0.25, -0.2) is 0 Å². The van der Waals surface area contributed by atoms with E-state index in [1.165, 1.54) is 0 Å². The molecule has 0 saturated heterocycles. The van der Waals surface area contributed by atoms with Crippen LogP contribution in [0.5, 0.6) is 0 Å². The van der Waals surface area contributed by atoms with Gasteiger partial charge in [0.25, 0.3) is 0 Å². The lowest BCUT2D eigenvalue weighted by Gasteiger charge is -1.98. The van der Waals surface area contributed by atoms with Crippen LogP contribution in [-0.4, -0.2) is 5.17 Å². The first-order chi connectivity index (χ1) is 5.83. The molecule has 0 heterocycles. The molecule has 0 atom stereocenters. The van der Waals surface area contributed by atoms with E-state index in [2.05, 4.69) is 10.5 Å². The average molecular weight is 183 g/mol. The van der Waals surface area contributed by atoms with Crippen molar-refractivity contribution in [3.63, 3.8) is 0 Å². The molecule has 0 aromatic heterocycles. The highest BCUT2D eigenvalue weighted by Gasteiger charge is 1.88. The number of hydrogen-bond donors (Lipinski definition) is 1. The minimum atomic E-state index is 0.582. The van der Waals surface area contributed by atoms with Crippen molar-refractivity contribution in [2.24, 2.45) is 5.10 Å². The van der Waals surface area contributed by atoms with Gasteiger partial charge in [-0.1, -0.05) is 36.7 Å². The number of hydrogen-bond acceptors (Lipinski definition) is 2. The third kappa shape index (κ3) is 2.93. The molecule has 0 aliphatic carbocycles. The Morgan fingerprint density at radius 3 is 2.67 bits per heavy atom. The first kappa shape index (κ1) is 9.07. The van der Waals surface area contributed by atoms with Crippen LogP contribution >= 0.6 is 11.6 Å². The molecule has 64 valence electrons. The maximum Gasteiger partial charge on any atom is 0.126 e. The molecule has 0 radical (unpaired) electrons. The van der Waals surface area contributed by atoms with E-state index in [4.69, 9.17) is 11.6 Å². The van der Waals surface area contributed by atoms with E-state index < -0.39 is 0 Å². The zero-order valence-electron chi connectivity index (χ0n) is 6.92. The summed E-state index contributed by atoms with van der Waals surface area (Å²) in [7, 11) is 0. The van der Waals surface area contributed by atoms with Crippen LogP contribution in [0.2, 0.25) is 0 Å². The minimum absolute atomic E-state index is 0.582. The van der Waals surface area contributed by atoms with Gasteiger partial charge in [-0.2, -0.15) is 5.10 Å². The van der Waals surface area contributed by atoms with Crippen LogP contribution in [0.3, 0.4) is 0 Å². The first-order valence-corrected chi connectivity index (χ1v) is 4.24. The standard InChI is InChI=1S/C9H11ClN2/c1-2-9(10)12-11-8-6-4-3-5-7-8/h3-7,11H,2H2,1H3/b12-9+. The van der Waals surface area contributed by atoms with Crippen molar-refractivity contribution in [3.8, 4) is 0 Å². The van der Waals surface area contributed by atoms with Crippen LogP contribution in [-0.2, 0) is 0 Å². The van der Waals surface area contributed by atoms with Gasteiger partial charge < -0.3 is 0 Å². The van der Waals surface area contributed by atoms with Gasteiger partial charge in [-0.15, -0.1) is 0 Å². The van der Waals surface area contributed by atoms with Gasteiger partial charge in [0.05, 0.1) is 5.69 Å². The van der Waals surface area contributed by atoms with E-state index >= 15 is 0 Å². The Kier molecular flexibility index (Phi) is 3.61. The fourth-order valence-corrected chi connectivity index (χ4v) is 0.759. The number of benzene rings is 1. The fourth-order valence-electron chi connectivity index (χ4n) is 0.717. The van der Waals surface area contributed by atoms with E-state index in [9.17, 15) is 0 Å². The minimum Gasteiger partial charge on any atom is -0.277 e. The van der Waals surface area contributed by atoms with Crippen LogP contribution in [0.1, 0.15) is 13.3 Å². The molecule has 0 aliphatic heterocycles. The van der Waals surface area contributed by atoms with Crippen molar-refractivity contribution >= 4 is 22.5 Å². The third-order valence-corrected chi connectivity index (χ3v) is 1.72. The van der Waals surface area contributed by atoms with Gasteiger partial charge in [-0.3, -0.25) is 5.43 Å². The van der Waals surface area contributed by atoms with Crippen molar-refractivity contribution in [2.75, 3.05) is 5.43 Å². The highest BCUT2D eigenvalue weighted by atomic mass is 35.5. The fraction of sp³-hybridized carbons (Fsp3) is 0.222. The van der Waals surface area contributed by atoms with Gasteiger partial charge in [-0.05, 0) is 18.6 Å². The molecular weight excluding hydrogens is 172 g/mol. The van der Waals surface area contributed by atoms with Gasteiger partial charge in [0.1, 0.15) is 5.17 Å². The second kappa shape index (κ2) is 4.78. The van der Waals surface area contributed by atoms with Crippen molar-refractivity contribution in [1.82, 2.24) is 0 Å². The zero-order chi connectivity index (χ0) is 8.81. The summed E-state index contributed by atoms with van der Waals surface area (Å²) in [5.41, 5.74) is 3.80. The second-order valence-electron chi connectivity index (χ2n) is 2.32. The van der Waals surface area contributed by atoms with Gasteiger partial charge in [0, 0.05) is 0 Å². The Hall–Kier alpha value is -1.02. The number of nitrogens with one attached hydrogen (secondary N) is 1. The lowest BCUT2D eigenvalue weighted by atomic mass is 10.3. The number of halogens is 1. The van der Waals surface area contributed by atoms with Crippen LogP contribution in [0, 0.1) is 0 Å². The summed E-state index contributed by atoms with van der Waals surface area (Å²) < 4.78 is 0. The summed E-state index contributed by atoms with van der Waals surface area (Å²) in [5.74, 6) is 0. The Balaban J connectivity index is 2.54. The zero-order valence-corrected chi connectivity index (χ0v) is 7.67. The normalized spacial score (nSPS) is 11.3. The van der Waals surface area contributed by atoms with Crippen molar-refractivity contribution in [1.29, 1.82) is 0 Å². The van der Waals surface area contributed by atoms with Crippen molar-refractivity contribution in [3.05, 3.63) is 30.3 Å². The van der Waals surface area contributed by atoms with E-state index in [-0.39, 0.29) is 0 Å². The molecule has 0 aliphatic rings. The predicted octanol–water partition coefficient (Wildman–Crippen LogP) is 3.06. The SMILES string of the molecule is CC/C(Cl)=N\Nc1ccccc1. The predicted molar refractivity (Wildman–Crippen MR) is 53.6 cm³/mol. The second-order valence-corrected chi connectivity index (χ2v) is 2.76. The van der Waals surface area contributed by atoms with Gasteiger partial charge in [0.2, 0.25) is 0 Å². The Morgan fingerprint density at radius 2 is 2.08 bits per heavy atom.